The van der Waals surface area contributed by atoms with E-state index >= 15 is 0 Å². The van der Waals surface area contributed by atoms with Crippen molar-refractivity contribution in [2.24, 2.45) is 0 Å². The molecule has 1 saturated heterocycles. The van der Waals surface area contributed by atoms with Crippen molar-refractivity contribution in [2.45, 2.75) is 36.4 Å². The molecule has 1 saturated carbocycles. The highest BCUT2D eigenvalue weighted by atomic mass is 32.2. The fourth-order valence-electron chi connectivity index (χ4n) is 4.64. The number of hydrogen-bond acceptors (Lipinski definition) is 7. The quantitative estimate of drug-likeness (QED) is 0.692. The monoisotopic (exact) mass is 487 g/mol. The van der Waals surface area contributed by atoms with Gasteiger partial charge in [-0.3, -0.25) is 4.79 Å². The van der Waals surface area contributed by atoms with Gasteiger partial charge in [0.25, 0.3) is 11.7 Å². The lowest BCUT2D eigenvalue weighted by Gasteiger charge is -2.30. The first-order chi connectivity index (χ1) is 16.3. The van der Waals surface area contributed by atoms with Gasteiger partial charge < -0.3 is 24.4 Å². The Bertz CT molecular complexity index is 1200. The van der Waals surface area contributed by atoms with Crippen LogP contribution in [0.4, 0.5) is 11.4 Å². The number of nitrogens with one attached hydrogen (secondary N) is 1. The fraction of sp³-hybridized carbons (Fsp3) is 0.458. The summed E-state index contributed by atoms with van der Waals surface area (Å²) in [7, 11) is -0.767. The average molecular weight is 488 g/mol. The topological polar surface area (TPSA) is 97.4 Å². The molecule has 2 aromatic carbocycles. The number of fused-ring (bicyclic) bond motifs is 1. The molecular weight excluding hydrogens is 458 g/mol. The average Bonchev–Trinajstić information content (AvgIpc) is 3.44. The Morgan fingerprint density at radius 1 is 1.00 bits per heavy atom. The van der Waals surface area contributed by atoms with Crippen molar-refractivity contribution in [2.75, 3.05) is 50.6 Å². The Labute approximate surface area is 199 Å². The van der Waals surface area contributed by atoms with E-state index in [9.17, 15) is 13.2 Å². The van der Waals surface area contributed by atoms with Gasteiger partial charge in [0.2, 0.25) is 10.0 Å². The number of amides is 1. The van der Waals surface area contributed by atoms with Crippen molar-refractivity contribution >= 4 is 27.3 Å². The van der Waals surface area contributed by atoms with Crippen LogP contribution in [0.5, 0.6) is 11.5 Å². The Balaban J connectivity index is 1.44. The van der Waals surface area contributed by atoms with Crippen molar-refractivity contribution in [3.05, 3.63) is 42.0 Å². The molecular formula is C24H29N3O6S. The van der Waals surface area contributed by atoms with Crippen LogP contribution in [0.3, 0.4) is 0 Å². The maximum Gasteiger partial charge on any atom is 0.257 e. The first kappa shape index (κ1) is 22.9. The van der Waals surface area contributed by atoms with Crippen molar-refractivity contribution in [1.29, 1.82) is 0 Å². The number of sulfonamides is 1. The number of rotatable bonds is 5. The van der Waals surface area contributed by atoms with Gasteiger partial charge in [0, 0.05) is 57.5 Å². The molecule has 9 nitrogen and oxygen atoms in total. The van der Waals surface area contributed by atoms with Crippen LogP contribution >= 0.6 is 0 Å². The molecule has 1 N–H and O–H groups in total. The number of carbonyl (C=O) groups excluding carboxylic acids is 1. The summed E-state index contributed by atoms with van der Waals surface area (Å²) in [6, 6.07) is 10.0. The maximum absolute atomic E-state index is 13.4. The molecule has 2 aromatic rings. The van der Waals surface area contributed by atoms with E-state index in [1.54, 1.807) is 30.3 Å². The van der Waals surface area contributed by atoms with Gasteiger partial charge in [-0.15, -0.1) is 0 Å². The van der Waals surface area contributed by atoms with Crippen molar-refractivity contribution in [3.63, 3.8) is 0 Å². The van der Waals surface area contributed by atoms with Gasteiger partial charge >= 0.3 is 0 Å². The highest BCUT2D eigenvalue weighted by Crippen LogP contribution is 2.47. The number of hydrogen-bond donors (Lipinski definition) is 1. The first-order valence-electron chi connectivity index (χ1n) is 11.5. The summed E-state index contributed by atoms with van der Waals surface area (Å²) < 4.78 is 44.2. The first-order valence-corrected chi connectivity index (χ1v) is 12.9. The lowest BCUT2D eigenvalue weighted by Crippen LogP contribution is -2.37. The van der Waals surface area contributed by atoms with Gasteiger partial charge in [0.1, 0.15) is 0 Å². The smallest absolute Gasteiger partial charge is 0.257 e. The second kappa shape index (κ2) is 8.75. The zero-order valence-corrected chi connectivity index (χ0v) is 20.2. The molecule has 0 atom stereocenters. The van der Waals surface area contributed by atoms with Gasteiger partial charge in [-0.1, -0.05) is 0 Å². The molecule has 0 aromatic heterocycles. The van der Waals surface area contributed by atoms with E-state index in [4.69, 9.17) is 14.2 Å². The standard InChI is InChI=1S/C24H29N3O6S/c1-26(2)34(29,30)18-6-7-20(27-11-13-31-14-12-27)19(16-18)23(28)25-17-5-8-21-22(15-17)33-24(32-21)9-3-4-10-24/h5-8,15-16H,3-4,9-14H2,1-2H3,(H,25,28). The zero-order valence-electron chi connectivity index (χ0n) is 19.4. The minimum Gasteiger partial charge on any atom is -0.448 e. The molecule has 10 heteroatoms. The van der Waals surface area contributed by atoms with E-state index in [2.05, 4.69) is 5.32 Å². The molecule has 2 heterocycles. The molecule has 1 spiro atoms. The van der Waals surface area contributed by atoms with E-state index in [-0.39, 0.29) is 10.5 Å². The molecule has 182 valence electrons. The van der Waals surface area contributed by atoms with E-state index < -0.39 is 21.7 Å². The summed E-state index contributed by atoms with van der Waals surface area (Å²) in [5.74, 6) is 0.306. The summed E-state index contributed by atoms with van der Waals surface area (Å²) in [6.07, 6.45) is 3.82. The highest BCUT2D eigenvalue weighted by Gasteiger charge is 2.44. The van der Waals surface area contributed by atoms with Crippen molar-refractivity contribution < 1.29 is 27.4 Å². The van der Waals surface area contributed by atoms with Gasteiger partial charge in [0.05, 0.1) is 23.7 Å². The zero-order chi connectivity index (χ0) is 23.9. The summed E-state index contributed by atoms with van der Waals surface area (Å²) in [4.78, 5) is 15.5. The number of ether oxygens (including phenoxy) is 3. The second-order valence-electron chi connectivity index (χ2n) is 9.00. The normalized spacial score (nSPS) is 19.1. The SMILES string of the molecule is CN(C)S(=O)(=O)c1ccc(N2CCOCC2)c(C(=O)Nc2ccc3c(c2)OC2(CCCC2)O3)c1. The van der Waals surface area contributed by atoms with Crippen LogP contribution in [0.1, 0.15) is 36.0 Å². The molecule has 34 heavy (non-hydrogen) atoms. The highest BCUT2D eigenvalue weighted by molar-refractivity contribution is 7.89. The summed E-state index contributed by atoms with van der Waals surface area (Å²) >= 11 is 0. The molecule has 1 amide bonds. The van der Waals surface area contributed by atoms with Crippen molar-refractivity contribution in [3.8, 4) is 11.5 Å². The van der Waals surface area contributed by atoms with Crippen LogP contribution in [0, 0.1) is 0 Å². The molecule has 2 fully saturated rings. The Hall–Kier alpha value is -2.82. The summed E-state index contributed by atoms with van der Waals surface area (Å²) in [5, 5.41) is 2.91. The lowest BCUT2D eigenvalue weighted by molar-refractivity contribution is -0.0716. The van der Waals surface area contributed by atoms with Crippen LogP contribution in [-0.4, -0.2) is 64.8 Å². The summed E-state index contributed by atoms with van der Waals surface area (Å²) in [6.45, 7) is 2.32. The van der Waals surface area contributed by atoms with Crippen molar-refractivity contribution in [1.82, 2.24) is 4.31 Å². The Morgan fingerprint density at radius 3 is 2.41 bits per heavy atom. The molecule has 0 bridgehead atoms. The number of benzene rings is 2. The van der Waals surface area contributed by atoms with Gasteiger partial charge in [-0.2, -0.15) is 0 Å². The molecule has 1 aliphatic carbocycles. The van der Waals surface area contributed by atoms with E-state index in [0.717, 1.165) is 30.0 Å². The van der Waals surface area contributed by atoms with Crippen LogP contribution in [0.2, 0.25) is 0 Å². The van der Waals surface area contributed by atoms with Crippen LogP contribution in [-0.2, 0) is 14.8 Å². The van der Waals surface area contributed by atoms with Crippen LogP contribution in [0.25, 0.3) is 0 Å². The van der Waals surface area contributed by atoms with E-state index in [0.29, 0.717) is 49.2 Å². The third-order valence-electron chi connectivity index (χ3n) is 6.50. The second-order valence-corrected chi connectivity index (χ2v) is 11.2. The molecule has 0 unspecified atom stereocenters. The number of morpholine rings is 1. The minimum absolute atomic E-state index is 0.0634. The number of nitrogens with zero attached hydrogens (tertiary/aromatic N) is 2. The molecule has 3 aliphatic rings. The van der Waals surface area contributed by atoms with Crippen LogP contribution < -0.4 is 19.7 Å². The third kappa shape index (κ3) is 4.21. The van der Waals surface area contributed by atoms with E-state index in [1.807, 2.05) is 4.90 Å². The van der Waals surface area contributed by atoms with E-state index in [1.165, 1.54) is 20.2 Å². The predicted octanol–water partition coefficient (Wildman–Crippen LogP) is 3.07. The van der Waals surface area contributed by atoms with Gasteiger partial charge in [0.15, 0.2) is 11.5 Å². The number of anilines is 2. The van der Waals surface area contributed by atoms with Gasteiger partial charge in [-0.05, 0) is 43.2 Å². The number of carbonyl (C=O) groups is 1. The Morgan fingerprint density at radius 2 is 1.71 bits per heavy atom. The maximum atomic E-state index is 13.4. The fourth-order valence-corrected chi connectivity index (χ4v) is 5.56. The molecule has 2 aliphatic heterocycles. The van der Waals surface area contributed by atoms with Gasteiger partial charge in [-0.25, -0.2) is 12.7 Å². The lowest BCUT2D eigenvalue weighted by atomic mass is 10.1. The molecule has 5 rings (SSSR count). The summed E-state index contributed by atoms with van der Waals surface area (Å²) in [5.41, 5.74) is 1.51. The molecule has 0 radical (unpaired) electrons. The third-order valence-corrected chi connectivity index (χ3v) is 8.31. The largest absolute Gasteiger partial charge is 0.448 e. The predicted molar refractivity (Wildman–Crippen MR) is 127 cm³/mol. The van der Waals surface area contributed by atoms with Crippen LogP contribution in [0.15, 0.2) is 41.3 Å². The Kier molecular flexibility index (Phi) is 5.91. The minimum atomic E-state index is -3.70.